The minimum Gasteiger partial charge on any atom is -0.496 e. The van der Waals surface area contributed by atoms with Crippen LogP contribution in [-0.4, -0.2) is 17.8 Å². The molecule has 0 saturated heterocycles. The summed E-state index contributed by atoms with van der Waals surface area (Å²) < 4.78 is 6.48. The Balaban J connectivity index is 2.12. The van der Waals surface area contributed by atoms with Crippen molar-refractivity contribution in [3.8, 4) is 5.75 Å². The Morgan fingerprint density at radius 2 is 2.10 bits per heavy atom. The SMILES string of the molecule is COc1ccc(Br)cc1CC1(O)CCCC(C(C)C)CC1. The summed E-state index contributed by atoms with van der Waals surface area (Å²) in [6.07, 6.45) is 5.97. The normalized spacial score (nSPS) is 26.7. The fraction of sp³-hybridized carbons (Fsp3) is 0.667. The fourth-order valence-electron chi connectivity index (χ4n) is 3.50. The van der Waals surface area contributed by atoms with Gasteiger partial charge in [0.25, 0.3) is 0 Å². The Morgan fingerprint density at radius 1 is 1.33 bits per heavy atom. The van der Waals surface area contributed by atoms with Crippen LogP contribution in [-0.2, 0) is 6.42 Å². The first kappa shape index (κ1) is 16.8. The average Bonchev–Trinajstić information content (AvgIpc) is 2.61. The largest absolute Gasteiger partial charge is 0.496 e. The molecule has 1 N–H and O–H groups in total. The van der Waals surface area contributed by atoms with Crippen molar-refractivity contribution >= 4 is 15.9 Å². The van der Waals surface area contributed by atoms with Gasteiger partial charge in [-0.1, -0.05) is 42.6 Å². The lowest BCUT2D eigenvalue weighted by atomic mass is 9.85. The molecule has 2 nitrogen and oxygen atoms in total. The zero-order valence-corrected chi connectivity index (χ0v) is 14.9. The van der Waals surface area contributed by atoms with Crippen LogP contribution in [0, 0.1) is 11.8 Å². The van der Waals surface area contributed by atoms with Crippen LogP contribution in [0.4, 0.5) is 0 Å². The molecule has 0 bridgehead atoms. The highest BCUT2D eigenvalue weighted by Crippen LogP contribution is 2.37. The molecule has 0 aliphatic heterocycles. The van der Waals surface area contributed by atoms with Gasteiger partial charge in [-0.25, -0.2) is 0 Å². The average molecular weight is 355 g/mol. The lowest BCUT2D eigenvalue weighted by Crippen LogP contribution is -2.31. The molecule has 0 aromatic heterocycles. The molecule has 2 atom stereocenters. The molecule has 2 rings (SSSR count). The van der Waals surface area contributed by atoms with Crippen molar-refractivity contribution in [3.63, 3.8) is 0 Å². The highest BCUT2D eigenvalue weighted by molar-refractivity contribution is 9.10. The first-order valence-electron chi connectivity index (χ1n) is 7.98. The van der Waals surface area contributed by atoms with Gasteiger partial charge in [0.2, 0.25) is 0 Å². The van der Waals surface area contributed by atoms with Crippen molar-refractivity contribution in [2.24, 2.45) is 11.8 Å². The van der Waals surface area contributed by atoms with Gasteiger partial charge in [-0.3, -0.25) is 0 Å². The zero-order chi connectivity index (χ0) is 15.5. The van der Waals surface area contributed by atoms with Gasteiger partial charge in [0.1, 0.15) is 5.75 Å². The number of ether oxygens (including phenoxy) is 1. The summed E-state index contributed by atoms with van der Waals surface area (Å²) in [4.78, 5) is 0. The van der Waals surface area contributed by atoms with E-state index < -0.39 is 5.60 Å². The second kappa shape index (κ2) is 7.15. The van der Waals surface area contributed by atoms with E-state index in [1.165, 1.54) is 6.42 Å². The summed E-state index contributed by atoms with van der Waals surface area (Å²) >= 11 is 3.51. The fourth-order valence-corrected chi connectivity index (χ4v) is 3.91. The minimum absolute atomic E-state index is 0.586. The number of rotatable bonds is 4. The lowest BCUT2D eigenvalue weighted by molar-refractivity contribution is 0.0231. The summed E-state index contributed by atoms with van der Waals surface area (Å²) in [5, 5.41) is 11.0. The number of benzene rings is 1. The summed E-state index contributed by atoms with van der Waals surface area (Å²) in [6.45, 7) is 4.60. The van der Waals surface area contributed by atoms with Crippen LogP contribution in [0.25, 0.3) is 0 Å². The van der Waals surface area contributed by atoms with Gasteiger partial charge in [-0.2, -0.15) is 0 Å². The van der Waals surface area contributed by atoms with Gasteiger partial charge in [-0.05, 0) is 54.9 Å². The Morgan fingerprint density at radius 3 is 2.76 bits per heavy atom. The molecule has 1 aromatic rings. The quantitative estimate of drug-likeness (QED) is 0.773. The molecule has 3 heteroatoms. The molecule has 1 aliphatic rings. The summed E-state index contributed by atoms with van der Waals surface area (Å²) in [5.41, 5.74) is 0.509. The number of hydrogen-bond acceptors (Lipinski definition) is 2. The summed E-state index contributed by atoms with van der Waals surface area (Å²) in [6, 6.07) is 6.02. The topological polar surface area (TPSA) is 29.5 Å². The van der Waals surface area contributed by atoms with Gasteiger partial charge in [-0.15, -0.1) is 0 Å². The van der Waals surface area contributed by atoms with Gasteiger partial charge in [0.15, 0.2) is 0 Å². The van der Waals surface area contributed by atoms with Crippen LogP contribution in [0.5, 0.6) is 5.75 Å². The maximum absolute atomic E-state index is 11.0. The van der Waals surface area contributed by atoms with Crippen molar-refractivity contribution in [2.45, 2.75) is 58.0 Å². The van der Waals surface area contributed by atoms with Crippen LogP contribution in [0.3, 0.4) is 0 Å². The van der Waals surface area contributed by atoms with E-state index in [2.05, 4.69) is 35.8 Å². The van der Waals surface area contributed by atoms with Crippen LogP contribution in [0.2, 0.25) is 0 Å². The Labute approximate surface area is 137 Å². The van der Waals surface area contributed by atoms with Crippen molar-refractivity contribution in [2.75, 3.05) is 7.11 Å². The third-order valence-corrected chi connectivity index (χ3v) is 5.40. The van der Waals surface area contributed by atoms with Gasteiger partial charge in [0, 0.05) is 10.9 Å². The predicted molar refractivity (Wildman–Crippen MR) is 90.8 cm³/mol. The molecule has 0 amide bonds. The van der Waals surface area contributed by atoms with Crippen LogP contribution in [0.1, 0.15) is 51.5 Å². The Bertz CT molecular complexity index is 472. The predicted octanol–water partition coefficient (Wildman–Crippen LogP) is 4.97. The zero-order valence-electron chi connectivity index (χ0n) is 13.4. The highest BCUT2D eigenvalue weighted by Gasteiger charge is 2.32. The molecular weight excluding hydrogens is 328 g/mol. The van der Waals surface area contributed by atoms with Gasteiger partial charge in [0.05, 0.1) is 12.7 Å². The second-order valence-electron chi connectivity index (χ2n) is 6.79. The smallest absolute Gasteiger partial charge is 0.122 e. The van der Waals surface area contributed by atoms with E-state index in [1.54, 1.807) is 7.11 Å². The first-order valence-corrected chi connectivity index (χ1v) is 8.77. The van der Waals surface area contributed by atoms with E-state index in [-0.39, 0.29) is 0 Å². The first-order chi connectivity index (χ1) is 9.93. The van der Waals surface area contributed by atoms with Crippen LogP contribution >= 0.6 is 15.9 Å². The van der Waals surface area contributed by atoms with Crippen molar-refractivity contribution in [1.29, 1.82) is 0 Å². The van der Waals surface area contributed by atoms with Crippen molar-refractivity contribution < 1.29 is 9.84 Å². The van der Waals surface area contributed by atoms with Crippen LogP contribution < -0.4 is 4.74 Å². The highest BCUT2D eigenvalue weighted by atomic mass is 79.9. The Hall–Kier alpha value is -0.540. The monoisotopic (exact) mass is 354 g/mol. The number of aliphatic hydroxyl groups is 1. The van der Waals surface area contributed by atoms with Crippen LogP contribution in [0.15, 0.2) is 22.7 Å². The van der Waals surface area contributed by atoms with Crippen molar-refractivity contribution in [1.82, 2.24) is 0 Å². The third-order valence-electron chi connectivity index (χ3n) is 4.90. The summed E-state index contributed by atoms with van der Waals surface area (Å²) in [7, 11) is 1.69. The molecule has 118 valence electrons. The lowest BCUT2D eigenvalue weighted by Gasteiger charge is -2.28. The molecule has 1 aromatic carbocycles. The molecule has 1 aliphatic carbocycles. The van der Waals surface area contributed by atoms with E-state index in [4.69, 9.17) is 4.74 Å². The Kier molecular flexibility index (Phi) is 5.73. The minimum atomic E-state index is -0.586. The maximum atomic E-state index is 11.0. The van der Waals surface area contributed by atoms with E-state index in [0.717, 1.165) is 47.4 Å². The number of methoxy groups -OCH3 is 1. The van der Waals surface area contributed by atoms with Gasteiger partial charge >= 0.3 is 0 Å². The van der Waals surface area contributed by atoms with E-state index in [0.29, 0.717) is 12.3 Å². The molecule has 21 heavy (non-hydrogen) atoms. The molecule has 0 heterocycles. The van der Waals surface area contributed by atoms with E-state index in [9.17, 15) is 5.11 Å². The van der Waals surface area contributed by atoms with Gasteiger partial charge < -0.3 is 9.84 Å². The molecule has 1 fully saturated rings. The standard InChI is InChI=1S/C18H27BrO2/c1-13(2)14-5-4-9-18(20,10-8-14)12-15-11-16(19)6-7-17(15)21-3/h6-7,11,13-14,20H,4-5,8-10,12H2,1-3H3. The number of hydrogen-bond donors (Lipinski definition) is 1. The third kappa shape index (κ3) is 4.46. The second-order valence-corrected chi connectivity index (χ2v) is 7.71. The van der Waals surface area contributed by atoms with Crippen molar-refractivity contribution in [3.05, 3.63) is 28.2 Å². The molecule has 0 spiro atoms. The van der Waals surface area contributed by atoms with E-state index >= 15 is 0 Å². The molecule has 0 radical (unpaired) electrons. The molecular formula is C18H27BrO2. The maximum Gasteiger partial charge on any atom is 0.122 e. The van der Waals surface area contributed by atoms with E-state index in [1.807, 2.05) is 12.1 Å². The molecule has 1 saturated carbocycles. The summed E-state index contributed by atoms with van der Waals surface area (Å²) in [5.74, 6) is 2.34. The number of halogens is 1. The molecule has 2 unspecified atom stereocenters.